The van der Waals surface area contributed by atoms with Crippen LogP contribution in [0.4, 0.5) is 0 Å². The topological polar surface area (TPSA) is 71.2 Å². The van der Waals surface area contributed by atoms with Crippen molar-refractivity contribution in [1.82, 2.24) is 15.0 Å². The number of hydrogen-bond acceptors (Lipinski definition) is 4. The van der Waals surface area contributed by atoms with Crippen LogP contribution in [0.2, 0.25) is 0 Å². The number of rotatable bonds is 7. The van der Waals surface area contributed by atoms with Gasteiger partial charge in [-0.2, -0.15) is 0 Å². The maximum absolute atomic E-state index is 9.70. The largest absolute Gasteiger partial charge is 0.396 e. The molecule has 0 saturated carbocycles. The highest BCUT2D eigenvalue weighted by Crippen LogP contribution is 2.15. The maximum atomic E-state index is 9.70. The van der Waals surface area contributed by atoms with Gasteiger partial charge in [-0.15, -0.1) is 5.10 Å². The van der Waals surface area contributed by atoms with Gasteiger partial charge < -0.3 is 10.2 Å². The number of aromatic nitrogens is 3. The second-order valence-corrected chi connectivity index (χ2v) is 4.56. The van der Waals surface area contributed by atoms with E-state index in [2.05, 4.69) is 10.3 Å². The fourth-order valence-corrected chi connectivity index (χ4v) is 1.43. The lowest BCUT2D eigenvalue weighted by Gasteiger charge is -2.11. The molecule has 1 rings (SSSR count). The summed E-state index contributed by atoms with van der Waals surface area (Å²) in [5, 5.41) is 26.2. The van der Waals surface area contributed by atoms with Gasteiger partial charge in [0.05, 0.1) is 6.20 Å². The molecule has 1 heterocycles. The van der Waals surface area contributed by atoms with Gasteiger partial charge in [-0.25, -0.2) is 0 Å². The van der Waals surface area contributed by atoms with E-state index in [1.807, 2.05) is 0 Å². The van der Waals surface area contributed by atoms with Gasteiger partial charge in [-0.3, -0.25) is 4.68 Å². The molecule has 0 amide bonds. The molecule has 0 radical (unpaired) electrons. The molecule has 0 unspecified atom stereocenters. The SMILES string of the molecule is CC(C)(O)c1cn(CCCCCCO)nn1. The van der Waals surface area contributed by atoms with Crippen LogP contribution in [-0.2, 0) is 12.1 Å². The Hall–Kier alpha value is -0.940. The minimum Gasteiger partial charge on any atom is -0.396 e. The molecule has 0 saturated heterocycles. The molecule has 0 aliphatic heterocycles. The lowest BCUT2D eigenvalue weighted by atomic mass is 10.1. The molecule has 1 aromatic heterocycles. The van der Waals surface area contributed by atoms with Crippen LogP contribution in [0.1, 0.15) is 45.2 Å². The van der Waals surface area contributed by atoms with Crippen molar-refractivity contribution >= 4 is 0 Å². The van der Waals surface area contributed by atoms with Gasteiger partial charge in [-0.1, -0.05) is 18.1 Å². The van der Waals surface area contributed by atoms with Crippen LogP contribution in [0.15, 0.2) is 6.20 Å². The van der Waals surface area contributed by atoms with E-state index in [0.29, 0.717) is 5.69 Å². The predicted molar refractivity (Wildman–Crippen MR) is 60.8 cm³/mol. The summed E-state index contributed by atoms with van der Waals surface area (Å²) in [7, 11) is 0. The zero-order chi connectivity index (χ0) is 12.0. The van der Waals surface area contributed by atoms with E-state index in [9.17, 15) is 5.11 Å². The molecule has 0 fully saturated rings. The molecule has 0 aliphatic carbocycles. The van der Waals surface area contributed by atoms with Crippen molar-refractivity contribution in [3.05, 3.63) is 11.9 Å². The van der Waals surface area contributed by atoms with Crippen molar-refractivity contribution in [3.63, 3.8) is 0 Å². The minimum absolute atomic E-state index is 0.270. The molecule has 5 nitrogen and oxygen atoms in total. The number of hydrogen-bond donors (Lipinski definition) is 2. The Morgan fingerprint density at radius 3 is 2.50 bits per heavy atom. The Balaban J connectivity index is 2.30. The van der Waals surface area contributed by atoms with Crippen LogP contribution in [-0.4, -0.2) is 31.8 Å². The minimum atomic E-state index is -0.921. The second kappa shape index (κ2) is 5.96. The molecule has 1 aromatic rings. The van der Waals surface area contributed by atoms with Gasteiger partial charge in [0.25, 0.3) is 0 Å². The van der Waals surface area contributed by atoms with E-state index >= 15 is 0 Å². The van der Waals surface area contributed by atoms with Gasteiger partial charge in [-0.05, 0) is 26.7 Å². The van der Waals surface area contributed by atoms with Crippen LogP contribution >= 0.6 is 0 Å². The van der Waals surface area contributed by atoms with Crippen LogP contribution in [0, 0.1) is 0 Å². The summed E-state index contributed by atoms with van der Waals surface area (Å²) < 4.78 is 1.76. The summed E-state index contributed by atoms with van der Waals surface area (Å²) in [5.74, 6) is 0. The van der Waals surface area contributed by atoms with Crippen LogP contribution < -0.4 is 0 Å². The van der Waals surface area contributed by atoms with Crippen molar-refractivity contribution in [2.45, 2.75) is 51.7 Å². The third kappa shape index (κ3) is 4.28. The second-order valence-electron chi connectivity index (χ2n) is 4.56. The highest BCUT2D eigenvalue weighted by molar-refractivity contribution is 5.02. The van der Waals surface area contributed by atoms with Crippen molar-refractivity contribution < 1.29 is 10.2 Å². The summed E-state index contributed by atoms with van der Waals surface area (Å²) in [6.07, 6.45) is 5.80. The number of aryl methyl sites for hydroxylation is 1. The summed E-state index contributed by atoms with van der Waals surface area (Å²) in [4.78, 5) is 0. The third-order valence-corrected chi connectivity index (χ3v) is 2.46. The molecular formula is C11H21N3O2. The average Bonchev–Trinajstić information content (AvgIpc) is 2.65. The van der Waals surface area contributed by atoms with Gasteiger partial charge in [0.2, 0.25) is 0 Å². The number of aliphatic hydroxyl groups excluding tert-OH is 1. The van der Waals surface area contributed by atoms with Crippen LogP contribution in [0.5, 0.6) is 0 Å². The average molecular weight is 227 g/mol. The molecule has 2 N–H and O–H groups in total. The molecule has 0 atom stereocenters. The number of nitrogens with zero attached hydrogens (tertiary/aromatic N) is 3. The monoisotopic (exact) mass is 227 g/mol. The zero-order valence-electron chi connectivity index (χ0n) is 10.1. The molecule has 0 aromatic carbocycles. The Kier molecular flexibility index (Phi) is 4.89. The number of aliphatic hydroxyl groups is 2. The molecule has 92 valence electrons. The Morgan fingerprint density at radius 1 is 1.25 bits per heavy atom. The molecule has 0 aliphatic rings. The van der Waals surface area contributed by atoms with Crippen LogP contribution in [0.3, 0.4) is 0 Å². The normalized spacial score (nSPS) is 12.0. The van der Waals surface area contributed by atoms with Crippen LogP contribution in [0.25, 0.3) is 0 Å². The quantitative estimate of drug-likeness (QED) is 0.683. The summed E-state index contributed by atoms with van der Waals surface area (Å²) >= 11 is 0. The highest BCUT2D eigenvalue weighted by Gasteiger charge is 2.19. The standard InChI is InChI=1S/C11H21N3O2/c1-11(2,16)10-9-14(13-12-10)7-5-3-4-6-8-15/h9,15-16H,3-8H2,1-2H3. The van der Waals surface area contributed by atoms with E-state index < -0.39 is 5.60 Å². The van der Waals surface area contributed by atoms with Gasteiger partial charge in [0, 0.05) is 13.2 Å². The first-order chi connectivity index (χ1) is 7.54. The smallest absolute Gasteiger partial charge is 0.114 e. The molecule has 16 heavy (non-hydrogen) atoms. The van der Waals surface area contributed by atoms with E-state index in [1.54, 1.807) is 24.7 Å². The van der Waals surface area contributed by atoms with Gasteiger partial charge in [0.15, 0.2) is 0 Å². The summed E-state index contributed by atoms with van der Waals surface area (Å²) in [6.45, 7) is 4.48. The lowest BCUT2D eigenvalue weighted by Crippen LogP contribution is -2.15. The predicted octanol–water partition coefficient (Wildman–Crippen LogP) is 1.06. The van der Waals surface area contributed by atoms with Gasteiger partial charge in [0.1, 0.15) is 11.3 Å². The molecule has 5 heteroatoms. The molecular weight excluding hydrogens is 206 g/mol. The Bertz CT molecular complexity index is 304. The summed E-state index contributed by atoms with van der Waals surface area (Å²) in [5.41, 5.74) is -0.322. The van der Waals surface area contributed by atoms with Crippen molar-refractivity contribution in [2.75, 3.05) is 6.61 Å². The summed E-state index contributed by atoms with van der Waals surface area (Å²) in [6, 6.07) is 0. The first kappa shape index (κ1) is 13.1. The first-order valence-corrected chi connectivity index (χ1v) is 5.78. The van der Waals surface area contributed by atoms with Crippen molar-refractivity contribution in [3.8, 4) is 0 Å². The maximum Gasteiger partial charge on any atom is 0.114 e. The van der Waals surface area contributed by atoms with Gasteiger partial charge >= 0.3 is 0 Å². The fourth-order valence-electron chi connectivity index (χ4n) is 1.43. The number of unbranched alkanes of at least 4 members (excludes halogenated alkanes) is 3. The van der Waals surface area contributed by atoms with Crippen molar-refractivity contribution in [2.24, 2.45) is 0 Å². The zero-order valence-corrected chi connectivity index (χ0v) is 10.1. The van der Waals surface area contributed by atoms with E-state index in [4.69, 9.17) is 5.11 Å². The third-order valence-electron chi connectivity index (χ3n) is 2.46. The molecule has 0 bridgehead atoms. The fraction of sp³-hybridized carbons (Fsp3) is 0.818. The first-order valence-electron chi connectivity index (χ1n) is 5.78. The Morgan fingerprint density at radius 2 is 1.94 bits per heavy atom. The highest BCUT2D eigenvalue weighted by atomic mass is 16.3. The van der Waals surface area contributed by atoms with E-state index in [1.165, 1.54) is 0 Å². The molecule has 0 spiro atoms. The van der Waals surface area contributed by atoms with E-state index in [0.717, 1.165) is 32.2 Å². The van der Waals surface area contributed by atoms with Crippen molar-refractivity contribution in [1.29, 1.82) is 0 Å². The van der Waals surface area contributed by atoms with E-state index in [-0.39, 0.29) is 6.61 Å². The Labute approximate surface area is 96.1 Å². The lowest BCUT2D eigenvalue weighted by molar-refractivity contribution is 0.0737.